The van der Waals surface area contributed by atoms with Crippen molar-refractivity contribution in [3.8, 4) is 0 Å². The number of rotatable bonds is 5. The first-order valence-corrected chi connectivity index (χ1v) is 9.87. The van der Waals surface area contributed by atoms with Crippen LogP contribution in [0.4, 0.5) is 5.69 Å². The molecule has 0 bridgehead atoms. The Labute approximate surface area is 194 Å². The molecule has 156 valence electrons. The predicted molar refractivity (Wildman–Crippen MR) is 130 cm³/mol. The minimum atomic E-state index is -0.421. The number of anilines is 1. The Morgan fingerprint density at radius 1 is 1.14 bits per heavy atom. The van der Waals surface area contributed by atoms with Crippen molar-refractivity contribution in [1.82, 2.24) is 10.2 Å². The number of primary amides is 1. The Bertz CT molecular complexity index is 852. The summed E-state index contributed by atoms with van der Waals surface area (Å²) in [5, 5.41) is 4.13. The van der Waals surface area contributed by atoms with E-state index in [2.05, 4.69) is 28.1 Å². The highest BCUT2D eigenvalue weighted by Crippen LogP contribution is 2.20. The van der Waals surface area contributed by atoms with Gasteiger partial charge >= 0.3 is 0 Å². The van der Waals surface area contributed by atoms with Crippen molar-refractivity contribution >= 4 is 53.1 Å². The van der Waals surface area contributed by atoms with Gasteiger partial charge in [0.05, 0.1) is 6.54 Å². The van der Waals surface area contributed by atoms with Crippen LogP contribution in [0.1, 0.15) is 22.8 Å². The number of nitrogens with one attached hydrogen (secondary N) is 1. The largest absolute Gasteiger partial charge is 0.368 e. The normalized spacial score (nSPS) is 14.3. The van der Waals surface area contributed by atoms with E-state index >= 15 is 0 Å². The Hall–Kier alpha value is -2.00. The molecular formula is C21H27ClIN5O. The molecule has 0 aromatic heterocycles. The first-order chi connectivity index (χ1) is 13.6. The minimum Gasteiger partial charge on any atom is -0.368 e. The van der Waals surface area contributed by atoms with E-state index in [9.17, 15) is 4.79 Å². The number of carbonyl (C=O) groups excluding carboxylic acids is 1. The molecule has 1 aliphatic rings. The molecule has 0 atom stereocenters. The second kappa shape index (κ2) is 11.3. The molecule has 0 radical (unpaired) electrons. The highest BCUT2D eigenvalue weighted by molar-refractivity contribution is 14.0. The fourth-order valence-corrected chi connectivity index (χ4v) is 3.45. The number of guanidine groups is 1. The van der Waals surface area contributed by atoms with Crippen LogP contribution >= 0.6 is 35.6 Å². The van der Waals surface area contributed by atoms with Crippen molar-refractivity contribution in [3.05, 3.63) is 64.7 Å². The zero-order chi connectivity index (χ0) is 19.9. The molecule has 6 nitrogen and oxygen atoms in total. The number of carbonyl (C=O) groups is 1. The SMILES string of the molecule is CCNC(=NCc1cccc(C(N)=O)c1)N1CCN(c2cccc(Cl)c2)CC1.I. The number of halogens is 2. The van der Waals surface area contributed by atoms with Crippen LogP contribution in [0, 0.1) is 0 Å². The van der Waals surface area contributed by atoms with Gasteiger partial charge in [-0.25, -0.2) is 4.99 Å². The number of aliphatic imine (C=N–C) groups is 1. The quantitative estimate of drug-likeness (QED) is 0.355. The Kier molecular flexibility index (Phi) is 9.03. The molecular weight excluding hydrogens is 501 g/mol. The number of nitrogens with two attached hydrogens (primary N) is 1. The van der Waals surface area contributed by atoms with Gasteiger partial charge in [0.15, 0.2) is 5.96 Å². The van der Waals surface area contributed by atoms with Gasteiger partial charge in [-0.3, -0.25) is 4.79 Å². The zero-order valence-corrected chi connectivity index (χ0v) is 19.6. The number of hydrogen-bond acceptors (Lipinski definition) is 3. The van der Waals surface area contributed by atoms with Gasteiger partial charge in [0.1, 0.15) is 0 Å². The van der Waals surface area contributed by atoms with E-state index in [-0.39, 0.29) is 24.0 Å². The summed E-state index contributed by atoms with van der Waals surface area (Å²) in [6, 6.07) is 15.3. The van der Waals surface area contributed by atoms with E-state index < -0.39 is 5.91 Å². The summed E-state index contributed by atoms with van der Waals surface area (Å²) in [4.78, 5) is 20.7. The molecule has 1 saturated heterocycles. The first-order valence-electron chi connectivity index (χ1n) is 9.49. The third kappa shape index (κ3) is 6.50. The summed E-state index contributed by atoms with van der Waals surface area (Å²) in [6.07, 6.45) is 0. The van der Waals surface area contributed by atoms with E-state index in [1.807, 2.05) is 30.3 Å². The average Bonchev–Trinajstić information content (AvgIpc) is 2.71. The van der Waals surface area contributed by atoms with Crippen molar-refractivity contribution in [2.24, 2.45) is 10.7 Å². The molecule has 0 spiro atoms. The van der Waals surface area contributed by atoms with E-state index in [1.165, 1.54) is 0 Å². The lowest BCUT2D eigenvalue weighted by Gasteiger charge is -2.37. The maximum absolute atomic E-state index is 11.4. The highest BCUT2D eigenvalue weighted by atomic mass is 127. The standard InChI is InChI=1S/C21H26ClN5O.HI/c1-2-24-21(25-15-16-5-3-6-17(13-16)20(23)28)27-11-9-26(10-12-27)19-8-4-7-18(22)14-19;/h3-8,13-14H,2,9-12,15H2,1H3,(H2,23,28)(H,24,25);1H. The molecule has 29 heavy (non-hydrogen) atoms. The van der Waals surface area contributed by atoms with Crippen molar-refractivity contribution in [2.75, 3.05) is 37.6 Å². The van der Waals surface area contributed by atoms with Crippen molar-refractivity contribution < 1.29 is 4.79 Å². The number of benzene rings is 2. The smallest absolute Gasteiger partial charge is 0.248 e. The van der Waals surface area contributed by atoms with E-state index in [0.29, 0.717) is 12.1 Å². The first kappa shape index (κ1) is 23.3. The van der Waals surface area contributed by atoms with Crippen LogP contribution in [0.15, 0.2) is 53.5 Å². The highest BCUT2D eigenvalue weighted by Gasteiger charge is 2.20. The van der Waals surface area contributed by atoms with Gasteiger partial charge in [-0.1, -0.05) is 29.8 Å². The number of hydrogen-bond donors (Lipinski definition) is 2. The van der Waals surface area contributed by atoms with Crippen LogP contribution in [0.2, 0.25) is 5.02 Å². The van der Waals surface area contributed by atoms with Crippen molar-refractivity contribution in [3.63, 3.8) is 0 Å². The molecule has 3 rings (SSSR count). The van der Waals surface area contributed by atoms with Gasteiger partial charge in [-0.05, 0) is 42.8 Å². The maximum atomic E-state index is 11.4. The molecule has 0 unspecified atom stereocenters. The third-order valence-corrected chi connectivity index (χ3v) is 4.95. The topological polar surface area (TPSA) is 74.0 Å². The van der Waals surface area contributed by atoms with Gasteiger partial charge in [-0.2, -0.15) is 0 Å². The van der Waals surface area contributed by atoms with Crippen molar-refractivity contribution in [2.45, 2.75) is 13.5 Å². The Morgan fingerprint density at radius 3 is 2.52 bits per heavy atom. The molecule has 2 aromatic carbocycles. The zero-order valence-electron chi connectivity index (χ0n) is 16.5. The molecule has 3 N–H and O–H groups in total. The summed E-state index contributed by atoms with van der Waals surface area (Å²) >= 11 is 6.12. The molecule has 0 saturated carbocycles. The lowest BCUT2D eigenvalue weighted by atomic mass is 10.1. The number of piperazine rings is 1. The lowest BCUT2D eigenvalue weighted by Crippen LogP contribution is -2.52. The molecule has 1 fully saturated rings. The van der Waals surface area contributed by atoms with E-state index in [0.717, 1.165) is 55.0 Å². The minimum absolute atomic E-state index is 0. The molecule has 1 amide bonds. The molecule has 2 aromatic rings. The molecule has 1 heterocycles. The number of amides is 1. The van der Waals surface area contributed by atoms with E-state index in [1.54, 1.807) is 12.1 Å². The molecule has 8 heteroatoms. The average molecular weight is 528 g/mol. The van der Waals surface area contributed by atoms with Gasteiger partial charge in [0.25, 0.3) is 0 Å². The summed E-state index contributed by atoms with van der Waals surface area (Å²) in [5.74, 6) is 0.465. The second-order valence-corrected chi connectivity index (χ2v) is 7.13. The van der Waals surface area contributed by atoms with Crippen LogP contribution in [0.3, 0.4) is 0 Å². The van der Waals surface area contributed by atoms with Crippen LogP contribution in [-0.2, 0) is 6.54 Å². The van der Waals surface area contributed by atoms with E-state index in [4.69, 9.17) is 22.3 Å². The molecule has 0 aliphatic carbocycles. The van der Waals surface area contributed by atoms with Crippen LogP contribution < -0.4 is 16.0 Å². The number of nitrogens with zero attached hydrogens (tertiary/aromatic N) is 3. The predicted octanol–water partition coefficient (Wildman–Crippen LogP) is 3.34. The fraction of sp³-hybridized carbons (Fsp3) is 0.333. The maximum Gasteiger partial charge on any atom is 0.248 e. The van der Waals surface area contributed by atoms with Gasteiger partial charge in [0, 0.05) is 49.0 Å². The van der Waals surface area contributed by atoms with Gasteiger partial charge in [-0.15, -0.1) is 24.0 Å². The monoisotopic (exact) mass is 527 g/mol. The van der Waals surface area contributed by atoms with Crippen molar-refractivity contribution in [1.29, 1.82) is 0 Å². The van der Waals surface area contributed by atoms with Gasteiger partial charge in [0.2, 0.25) is 5.91 Å². The summed E-state index contributed by atoms with van der Waals surface area (Å²) < 4.78 is 0. The summed E-state index contributed by atoms with van der Waals surface area (Å²) in [6.45, 7) is 6.92. The van der Waals surface area contributed by atoms with Gasteiger partial charge < -0.3 is 20.9 Å². The summed E-state index contributed by atoms with van der Waals surface area (Å²) in [5.41, 5.74) is 7.99. The Morgan fingerprint density at radius 2 is 1.86 bits per heavy atom. The molecule has 1 aliphatic heterocycles. The third-order valence-electron chi connectivity index (χ3n) is 4.71. The van der Waals surface area contributed by atoms with Crippen LogP contribution in [0.5, 0.6) is 0 Å². The fourth-order valence-electron chi connectivity index (χ4n) is 3.26. The lowest BCUT2D eigenvalue weighted by molar-refractivity contribution is 0.1000. The van der Waals surface area contributed by atoms with Crippen LogP contribution in [-0.4, -0.2) is 49.5 Å². The Balaban J connectivity index is 0.00000300. The second-order valence-electron chi connectivity index (χ2n) is 6.69. The van der Waals surface area contributed by atoms with Crippen LogP contribution in [0.25, 0.3) is 0 Å². The summed E-state index contributed by atoms with van der Waals surface area (Å²) in [7, 11) is 0.